The molecular weight excluding hydrogens is 296 g/mol. The molecule has 1 heterocycles. The molecule has 0 aliphatic carbocycles. The Labute approximate surface area is 135 Å². The van der Waals surface area contributed by atoms with Gasteiger partial charge in [0.25, 0.3) is 5.91 Å². The fraction of sp³-hybridized carbons (Fsp3) is 0.438. The van der Waals surface area contributed by atoms with Crippen LogP contribution in [0.2, 0.25) is 0 Å². The van der Waals surface area contributed by atoms with Crippen molar-refractivity contribution in [3.8, 4) is 0 Å². The first-order valence-corrected chi connectivity index (χ1v) is 7.76. The van der Waals surface area contributed by atoms with E-state index in [0.717, 1.165) is 12.1 Å². The summed E-state index contributed by atoms with van der Waals surface area (Å²) in [5.41, 5.74) is 6.01. The number of hydrogen-bond donors (Lipinski definition) is 3. The number of carbonyl (C=O) groups excluding carboxylic acids is 3. The molecule has 0 spiro atoms. The van der Waals surface area contributed by atoms with Crippen LogP contribution in [-0.4, -0.2) is 44.9 Å². The molecule has 0 aromatic heterocycles. The molecular formula is C16H23N4O3+. The van der Waals surface area contributed by atoms with Crippen molar-refractivity contribution in [3.63, 3.8) is 0 Å². The van der Waals surface area contributed by atoms with E-state index in [-0.39, 0.29) is 17.7 Å². The number of benzene rings is 1. The van der Waals surface area contributed by atoms with Crippen LogP contribution in [0.5, 0.6) is 0 Å². The lowest BCUT2D eigenvalue weighted by molar-refractivity contribution is -0.857. The molecule has 7 nitrogen and oxygen atoms in total. The van der Waals surface area contributed by atoms with E-state index < -0.39 is 0 Å². The molecule has 3 N–H and O–H groups in total. The number of carbonyl (C=O) groups is 3. The smallest absolute Gasteiger partial charge is 0.269 e. The third-order valence-electron chi connectivity index (χ3n) is 3.68. The number of quaternary nitrogens is 1. The summed E-state index contributed by atoms with van der Waals surface area (Å²) < 4.78 is 0. The van der Waals surface area contributed by atoms with Gasteiger partial charge in [0.05, 0.1) is 27.1 Å². The molecule has 1 aliphatic heterocycles. The predicted octanol–water partition coefficient (Wildman–Crippen LogP) is -0.891. The van der Waals surface area contributed by atoms with Gasteiger partial charge >= 0.3 is 0 Å². The summed E-state index contributed by atoms with van der Waals surface area (Å²) in [5.74, 6) is -0.494. The van der Waals surface area contributed by atoms with Crippen molar-refractivity contribution >= 4 is 23.4 Å². The van der Waals surface area contributed by atoms with Gasteiger partial charge in [0.2, 0.25) is 11.8 Å². The molecule has 0 unspecified atom stereocenters. The zero-order valence-corrected chi connectivity index (χ0v) is 13.5. The molecule has 0 radical (unpaired) electrons. The molecule has 0 bridgehead atoms. The molecule has 1 aliphatic rings. The molecule has 7 heteroatoms. The van der Waals surface area contributed by atoms with Crippen molar-refractivity contribution in [2.75, 3.05) is 32.1 Å². The first kappa shape index (κ1) is 17.0. The first-order valence-electron chi connectivity index (χ1n) is 7.76. The first-order chi connectivity index (χ1) is 11.0. The van der Waals surface area contributed by atoms with Crippen LogP contribution in [0.15, 0.2) is 24.3 Å². The minimum Gasteiger partial charge on any atom is -0.339 e. The Hall–Kier alpha value is -2.41. The maximum atomic E-state index is 12.0. The van der Waals surface area contributed by atoms with E-state index in [4.69, 9.17) is 0 Å². The maximum Gasteiger partial charge on any atom is 0.269 e. The van der Waals surface area contributed by atoms with E-state index in [2.05, 4.69) is 10.9 Å². The van der Waals surface area contributed by atoms with Crippen LogP contribution in [0.1, 0.15) is 29.6 Å². The Balaban J connectivity index is 1.85. The molecule has 0 saturated carbocycles. The maximum absolute atomic E-state index is 12.0. The van der Waals surface area contributed by atoms with Crippen molar-refractivity contribution in [1.29, 1.82) is 0 Å². The molecule has 1 fully saturated rings. The Bertz CT molecular complexity index is 583. The monoisotopic (exact) mass is 319 g/mol. The molecule has 0 atom stereocenters. The van der Waals surface area contributed by atoms with Crippen LogP contribution in [0.25, 0.3) is 0 Å². The van der Waals surface area contributed by atoms with Crippen LogP contribution < -0.4 is 20.7 Å². The minimum absolute atomic E-state index is 0.109. The van der Waals surface area contributed by atoms with Gasteiger partial charge in [-0.3, -0.25) is 25.2 Å². The van der Waals surface area contributed by atoms with Gasteiger partial charge in [-0.05, 0) is 30.7 Å². The second-order valence-corrected chi connectivity index (χ2v) is 5.91. The summed E-state index contributed by atoms with van der Waals surface area (Å²) in [7, 11) is 3.91. The lowest BCUT2D eigenvalue weighted by Gasteiger charge is -2.16. The molecule has 2 rings (SSSR count). The van der Waals surface area contributed by atoms with E-state index >= 15 is 0 Å². The van der Waals surface area contributed by atoms with Crippen LogP contribution in [0.4, 0.5) is 5.69 Å². The van der Waals surface area contributed by atoms with Crippen LogP contribution in [0.3, 0.4) is 0 Å². The number of amides is 3. The van der Waals surface area contributed by atoms with Gasteiger partial charge in [-0.1, -0.05) is 0 Å². The van der Waals surface area contributed by atoms with Gasteiger partial charge < -0.3 is 9.80 Å². The second kappa shape index (κ2) is 7.73. The van der Waals surface area contributed by atoms with Crippen molar-refractivity contribution in [2.45, 2.75) is 19.3 Å². The SMILES string of the molecule is C[NH+](C)CCC(=O)NNC(=O)c1ccc(N2CCCC2=O)cc1. The largest absolute Gasteiger partial charge is 0.339 e. The van der Waals surface area contributed by atoms with Crippen LogP contribution in [0, 0.1) is 0 Å². The van der Waals surface area contributed by atoms with Gasteiger partial charge in [0, 0.05) is 24.2 Å². The number of rotatable bonds is 5. The average Bonchev–Trinajstić information content (AvgIpc) is 2.96. The normalized spacial score (nSPS) is 14.2. The quantitative estimate of drug-likeness (QED) is 0.616. The van der Waals surface area contributed by atoms with Crippen LogP contribution in [-0.2, 0) is 9.59 Å². The van der Waals surface area contributed by atoms with Gasteiger partial charge in [-0.25, -0.2) is 0 Å². The standard InChI is InChI=1S/C16H22N4O3/c1-19(2)11-9-14(21)17-18-16(23)12-5-7-13(8-6-12)20-10-3-4-15(20)22/h5-8H,3-4,9-11H2,1-2H3,(H,17,21)(H,18,23)/p+1. The third kappa shape index (κ3) is 4.79. The van der Waals surface area contributed by atoms with Crippen molar-refractivity contribution in [1.82, 2.24) is 10.9 Å². The molecule has 1 aromatic rings. The average molecular weight is 319 g/mol. The topological polar surface area (TPSA) is 82.9 Å². The van der Waals surface area contributed by atoms with E-state index in [0.29, 0.717) is 31.5 Å². The fourth-order valence-electron chi connectivity index (χ4n) is 2.34. The summed E-state index contributed by atoms with van der Waals surface area (Å²) in [6.07, 6.45) is 1.78. The zero-order valence-electron chi connectivity index (χ0n) is 13.5. The molecule has 1 saturated heterocycles. The zero-order chi connectivity index (χ0) is 16.8. The Kier molecular flexibility index (Phi) is 5.70. The van der Waals surface area contributed by atoms with Crippen molar-refractivity contribution in [2.24, 2.45) is 0 Å². The Morgan fingerprint density at radius 3 is 2.43 bits per heavy atom. The van der Waals surface area contributed by atoms with Crippen molar-refractivity contribution < 1.29 is 19.3 Å². The van der Waals surface area contributed by atoms with Crippen molar-refractivity contribution in [3.05, 3.63) is 29.8 Å². The second-order valence-electron chi connectivity index (χ2n) is 5.91. The number of nitrogens with one attached hydrogen (secondary N) is 3. The van der Waals surface area contributed by atoms with E-state index in [1.807, 2.05) is 14.1 Å². The van der Waals surface area contributed by atoms with E-state index in [1.165, 1.54) is 4.90 Å². The summed E-state index contributed by atoms with van der Waals surface area (Å²) >= 11 is 0. The van der Waals surface area contributed by atoms with Gasteiger partial charge in [-0.15, -0.1) is 0 Å². The van der Waals surface area contributed by atoms with Gasteiger partial charge in [-0.2, -0.15) is 0 Å². The summed E-state index contributed by atoms with van der Waals surface area (Å²) in [6, 6.07) is 6.78. The fourth-order valence-corrected chi connectivity index (χ4v) is 2.34. The highest BCUT2D eigenvalue weighted by atomic mass is 16.2. The Morgan fingerprint density at radius 1 is 1.17 bits per heavy atom. The lowest BCUT2D eigenvalue weighted by atomic mass is 10.2. The highest BCUT2D eigenvalue weighted by Crippen LogP contribution is 2.21. The number of hydrogen-bond acceptors (Lipinski definition) is 3. The van der Waals surface area contributed by atoms with E-state index in [1.54, 1.807) is 29.2 Å². The molecule has 3 amide bonds. The van der Waals surface area contributed by atoms with Gasteiger partial charge in [0.1, 0.15) is 0 Å². The highest BCUT2D eigenvalue weighted by Gasteiger charge is 2.21. The lowest BCUT2D eigenvalue weighted by Crippen LogP contribution is -3.05. The molecule has 1 aromatic carbocycles. The molecule has 23 heavy (non-hydrogen) atoms. The summed E-state index contributed by atoms with van der Waals surface area (Å²) in [5, 5.41) is 0. The number of anilines is 1. The minimum atomic E-state index is -0.380. The van der Waals surface area contributed by atoms with E-state index in [9.17, 15) is 14.4 Å². The number of hydrazine groups is 1. The summed E-state index contributed by atoms with van der Waals surface area (Å²) in [4.78, 5) is 38.1. The van der Waals surface area contributed by atoms with Crippen LogP contribution >= 0.6 is 0 Å². The number of nitrogens with zero attached hydrogens (tertiary/aromatic N) is 1. The highest BCUT2D eigenvalue weighted by molar-refractivity contribution is 5.98. The Morgan fingerprint density at radius 2 is 1.87 bits per heavy atom. The van der Waals surface area contributed by atoms with Gasteiger partial charge in [0.15, 0.2) is 0 Å². The third-order valence-corrected chi connectivity index (χ3v) is 3.68. The predicted molar refractivity (Wildman–Crippen MR) is 85.9 cm³/mol. The molecule has 124 valence electrons. The summed E-state index contributed by atoms with van der Waals surface area (Å²) in [6.45, 7) is 1.41.